The molecule has 0 aromatic heterocycles. The lowest BCUT2D eigenvalue weighted by Gasteiger charge is -2.11. The maximum absolute atomic E-state index is 4.19. The second-order valence-corrected chi connectivity index (χ2v) is 4.19. The van der Waals surface area contributed by atoms with Crippen LogP contribution in [0.2, 0.25) is 0 Å². The molecule has 1 rings (SSSR count). The summed E-state index contributed by atoms with van der Waals surface area (Å²) in [6.07, 6.45) is 2.37. The molecule has 3 nitrogen and oxygen atoms in total. The minimum absolute atomic E-state index is 0. The van der Waals surface area contributed by atoms with Gasteiger partial charge in [0.15, 0.2) is 5.96 Å². The average Bonchev–Trinajstić information content (AvgIpc) is 2.35. The lowest BCUT2D eigenvalue weighted by molar-refractivity contribution is 0.729. The van der Waals surface area contributed by atoms with Crippen LogP contribution < -0.4 is 10.6 Å². The van der Waals surface area contributed by atoms with Crippen LogP contribution in [0.5, 0.6) is 0 Å². The summed E-state index contributed by atoms with van der Waals surface area (Å²) >= 11 is 0. The van der Waals surface area contributed by atoms with E-state index in [4.69, 9.17) is 0 Å². The summed E-state index contributed by atoms with van der Waals surface area (Å²) < 4.78 is 0. The van der Waals surface area contributed by atoms with E-state index >= 15 is 0 Å². The Morgan fingerprint density at radius 2 is 1.83 bits per heavy atom. The number of halogens is 1. The van der Waals surface area contributed by atoms with Crippen molar-refractivity contribution in [2.75, 3.05) is 13.6 Å². The summed E-state index contributed by atoms with van der Waals surface area (Å²) in [5, 5.41) is 6.59. The topological polar surface area (TPSA) is 36.4 Å². The number of nitrogens with zero attached hydrogens (tertiary/aromatic N) is 1. The third-order valence-electron chi connectivity index (χ3n) is 2.63. The number of guanidine groups is 1. The van der Waals surface area contributed by atoms with Gasteiger partial charge < -0.3 is 10.6 Å². The van der Waals surface area contributed by atoms with E-state index in [1.807, 2.05) is 0 Å². The number of rotatable bonds is 5. The predicted octanol–water partition coefficient (Wildman–Crippen LogP) is 3.08. The van der Waals surface area contributed by atoms with Crippen LogP contribution in [0.4, 0.5) is 0 Å². The van der Waals surface area contributed by atoms with E-state index in [2.05, 4.69) is 53.7 Å². The minimum atomic E-state index is 0. The van der Waals surface area contributed by atoms with Crippen molar-refractivity contribution < 1.29 is 0 Å². The standard InChI is InChI=1S/C14H23N3.HI/c1-4-5-10-16-14(15-3)17-11-13-8-6-12(2)7-9-13;/h6-9H,4-5,10-11H2,1-3H3,(H2,15,16,17);1H. The van der Waals surface area contributed by atoms with E-state index in [-0.39, 0.29) is 24.0 Å². The Bertz CT molecular complexity index is 347. The van der Waals surface area contributed by atoms with Gasteiger partial charge in [-0.1, -0.05) is 43.2 Å². The molecule has 4 heteroatoms. The molecule has 0 aliphatic heterocycles. The molecule has 18 heavy (non-hydrogen) atoms. The minimum Gasteiger partial charge on any atom is -0.356 e. The third-order valence-corrected chi connectivity index (χ3v) is 2.63. The highest BCUT2D eigenvalue weighted by molar-refractivity contribution is 14.0. The van der Waals surface area contributed by atoms with Crippen molar-refractivity contribution in [2.24, 2.45) is 4.99 Å². The van der Waals surface area contributed by atoms with Crippen LogP contribution in [0.3, 0.4) is 0 Å². The molecule has 0 heterocycles. The summed E-state index contributed by atoms with van der Waals surface area (Å²) in [4.78, 5) is 4.19. The van der Waals surface area contributed by atoms with E-state index < -0.39 is 0 Å². The molecule has 102 valence electrons. The quantitative estimate of drug-likeness (QED) is 0.366. The Morgan fingerprint density at radius 1 is 1.17 bits per heavy atom. The van der Waals surface area contributed by atoms with Crippen LogP contribution in [-0.4, -0.2) is 19.6 Å². The van der Waals surface area contributed by atoms with Crippen LogP contribution in [0.25, 0.3) is 0 Å². The number of aliphatic imine (C=N–C) groups is 1. The fraction of sp³-hybridized carbons (Fsp3) is 0.500. The average molecular weight is 361 g/mol. The normalized spacial score (nSPS) is 10.7. The van der Waals surface area contributed by atoms with Gasteiger partial charge in [-0.3, -0.25) is 4.99 Å². The summed E-state index contributed by atoms with van der Waals surface area (Å²) in [6, 6.07) is 8.54. The molecule has 1 aromatic carbocycles. The van der Waals surface area contributed by atoms with Crippen molar-refractivity contribution in [3.8, 4) is 0 Å². The van der Waals surface area contributed by atoms with Gasteiger partial charge in [-0.2, -0.15) is 0 Å². The van der Waals surface area contributed by atoms with Crippen molar-refractivity contribution in [1.29, 1.82) is 0 Å². The zero-order valence-electron chi connectivity index (χ0n) is 11.5. The first-order valence-corrected chi connectivity index (χ1v) is 6.26. The van der Waals surface area contributed by atoms with Gasteiger partial charge in [-0.25, -0.2) is 0 Å². The molecule has 0 unspecified atom stereocenters. The largest absolute Gasteiger partial charge is 0.356 e. The maximum atomic E-state index is 4.19. The number of nitrogens with one attached hydrogen (secondary N) is 2. The zero-order chi connectivity index (χ0) is 12.5. The molecule has 0 amide bonds. The van der Waals surface area contributed by atoms with Gasteiger partial charge in [0.05, 0.1) is 0 Å². The smallest absolute Gasteiger partial charge is 0.191 e. The first kappa shape index (κ1) is 17.2. The van der Waals surface area contributed by atoms with Crippen LogP contribution in [0.1, 0.15) is 30.9 Å². The zero-order valence-corrected chi connectivity index (χ0v) is 13.8. The van der Waals surface area contributed by atoms with Crippen LogP contribution in [-0.2, 0) is 6.54 Å². The molecule has 0 radical (unpaired) electrons. The van der Waals surface area contributed by atoms with Crippen LogP contribution in [0.15, 0.2) is 29.3 Å². The Labute approximate surface area is 127 Å². The summed E-state index contributed by atoms with van der Waals surface area (Å²) in [5.41, 5.74) is 2.56. The van der Waals surface area contributed by atoms with Crippen molar-refractivity contribution in [1.82, 2.24) is 10.6 Å². The molecule has 0 spiro atoms. The van der Waals surface area contributed by atoms with Gasteiger partial charge in [0.25, 0.3) is 0 Å². The molecular formula is C14H24IN3. The fourth-order valence-electron chi connectivity index (χ4n) is 1.50. The molecular weight excluding hydrogens is 337 g/mol. The van der Waals surface area contributed by atoms with E-state index in [9.17, 15) is 0 Å². The molecule has 2 N–H and O–H groups in total. The van der Waals surface area contributed by atoms with Gasteiger partial charge >= 0.3 is 0 Å². The molecule has 0 aliphatic carbocycles. The molecule has 0 atom stereocenters. The first-order valence-electron chi connectivity index (χ1n) is 6.26. The Hall–Kier alpha value is -0.780. The van der Waals surface area contributed by atoms with Crippen molar-refractivity contribution in [2.45, 2.75) is 33.2 Å². The van der Waals surface area contributed by atoms with Gasteiger partial charge in [0.2, 0.25) is 0 Å². The molecule has 0 saturated heterocycles. The molecule has 0 saturated carbocycles. The predicted molar refractivity (Wildman–Crippen MR) is 89.7 cm³/mol. The Balaban J connectivity index is 0.00000289. The van der Waals surface area contributed by atoms with Crippen molar-refractivity contribution >= 4 is 29.9 Å². The highest BCUT2D eigenvalue weighted by atomic mass is 127. The van der Waals surface area contributed by atoms with Gasteiger partial charge in [-0.05, 0) is 18.9 Å². The number of hydrogen-bond donors (Lipinski definition) is 2. The molecule has 0 bridgehead atoms. The van der Waals surface area contributed by atoms with E-state index in [0.717, 1.165) is 19.0 Å². The van der Waals surface area contributed by atoms with Gasteiger partial charge in [0.1, 0.15) is 0 Å². The Kier molecular flexibility index (Phi) is 9.73. The highest BCUT2D eigenvalue weighted by Crippen LogP contribution is 2.02. The van der Waals surface area contributed by atoms with E-state index in [1.165, 1.54) is 24.0 Å². The molecule has 0 fully saturated rings. The number of aryl methyl sites for hydroxylation is 1. The fourth-order valence-corrected chi connectivity index (χ4v) is 1.50. The number of benzene rings is 1. The Morgan fingerprint density at radius 3 is 2.39 bits per heavy atom. The number of unbranched alkanes of at least 4 members (excludes halogenated alkanes) is 1. The van der Waals surface area contributed by atoms with Crippen LogP contribution in [0, 0.1) is 6.92 Å². The molecule has 1 aromatic rings. The number of hydrogen-bond acceptors (Lipinski definition) is 1. The van der Waals surface area contributed by atoms with Crippen molar-refractivity contribution in [3.05, 3.63) is 35.4 Å². The monoisotopic (exact) mass is 361 g/mol. The summed E-state index contributed by atoms with van der Waals surface area (Å²) in [7, 11) is 1.80. The lowest BCUT2D eigenvalue weighted by atomic mass is 10.1. The third kappa shape index (κ3) is 6.83. The van der Waals surface area contributed by atoms with E-state index in [0.29, 0.717) is 0 Å². The molecule has 0 aliphatic rings. The summed E-state index contributed by atoms with van der Waals surface area (Å²) in [5.74, 6) is 0.874. The van der Waals surface area contributed by atoms with Crippen molar-refractivity contribution in [3.63, 3.8) is 0 Å². The summed E-state index contributed by atoms with van der Waals surface area (Å²) in [6.45, 7) is 6.07. The first-order chi connectivity index (χ1) is 8.26. The maximum Gasteiger partial charge on any atom is 0.191 e. The van der Waals surface area contributed by atoms with E-state index in [1.54, 1.807) is 7.05 Å². The van der Waals surface area contributed by atoms with Gasteiger partial charge in [0, 0.05) is 20.1 Å². The second kappa shape index (κ2) is 10.2. The van der Waals surface area contributed by atoms with Gasteiger partial charge in [-0.15, -0.1) is 24.0 Å². The highest BCUT2D eigenvalue weighted by Gasteiger charge is 1.97. The van der Waals surface area contributed by atoms with Crippen LogP contribution >= 0.6 is 24.0 Å². The SMILES string of the molecule is CCCCNC(=NC)NCc1ccc(C)cc1.I. The second-order valence-electron chi connectivity index (χ2n) is 4.19. The lowest BCUT2D eigenvalue weighted by Crippen LogP contribution is -2.37.